The van der Waals surface area contributed by atoms with Crippen molar-refractivity contribution in [1.82, 2.24) is 4.90 Å². The highest BCUT2D eigenvalue weighted by Gasteiger charge is 2.41. The number of hydrogen-bond donors (Lipinski definition) is 1. The number of benzene rings is 1. The summed E-state index contributed by atoms with van der Waals surface area (Å²) >= 11 is 12.0. The zero-order valence-corrected chi connectivity index (χ0v) is 15.0. The third-order valence-corrected chi connectivity index (χ3v) is 6.28. The Morgan fingerprint density at radius 3 is 2.48 bits per heavy atom. The zero-order valence-electron chi connectivity index (χ0n) is 13.5. The van der Waals surface area contributed by atoms with Gasteiger partial charge in [0.15, 0.2) is 0 Å². The van der Waals surface area contributed by atoms with E-state index in [4.69, 9.17) is 28.9 Å². The molecule has 5 heteroatoms. The lowest BCUT2D eigenvalue weighted by atomic mass is 9.65. The fourth-order valence-electron chi connectivity index (χ4n) is 4.29. The Morgan fingerprint density at radius 1 is 1.22 bits per heavy atom. The van der Waals surface area contributed by atoms with Crippen LogP contribution in [-0.4, -0.2) is 23.9 Å². The molecule has 23 heavy (non-hydrogen) atoms. The lowest BCUT2D eigenvalue weighted by Crippen LogP contribution is -2.49. The molecule has 0 heterocycles. The van der Waals surface area contributed by atoms with Gasteiger partial charge in [-0.25, -0.2) is 0 Å². The van der Waals surface area contributed by atoms with Crippen LogP contribution in [0.4, 0.5) is 0 Å². The molecular weight excluding hydrogens is 331 g/mol. The maximum atomic E-state index is 12.8. The van der Waals surface area contributed by atoms with E-state index in [1.807, 2.05) is 24.1 Å². The molecule has 2 N–H and O–H groups in total. The first-order valence-corrected chi connectivity index (χ1v) is 9.15. The lowest BCUT2D eigenvalue weighted by molar-refractivity contribution is -0.137. The van der Waals surface area contributed by atoms with Crippen molar-refractivity contribution in [2.24, 2.45) is 23.5 Å². The monoisotopic (exact) mass is 354 g/mol. The fraction of sp³-hybridized carbons (Fsp3) is 0.611. The lowest BCUT2D eigenvalue weighted by Gasteiger charge is -2.44. The van der Waals surface area contributed by atoms with Crippen LogP contribution >= 0.6 is 23.2 Å². The van der Waals surface area contributed by atoms with Crippen LogP contribution in [0.25, 0.3) is 0 Å². The van der Waals surface area contributed by atoms with Crippen molar-refractivity contribution in [1.29, 1.82) is 0 Å². The Morgan fingerprint density at radius 2 is 1.87 bits per heavy atom. The highest BCUT2D eigenvalue weighted by Crippen LogP contribution is 2.42. The molecule has 3 rings (SSSR count). The summed E-state index contributed by atoms with van der Waals surface area (Å²) in [6, 6.07) is 5.83. The topological polar surface area (TPSA) is 46.3 Å². The minimum Gasteiger partial charge on any atom is -0.341 e. The maximum absolute atomic E-state index is 12.8. The van der Waals surface area contributed by atoms with Gasteiger partial charge in [-0.2, -0.15) is 0 Å². The molecule has 0 aromatic heterocycles. The van der Waals surface area contributed by atoms with Gasteiger partial charge in [-0.1, -0.05) is 35.7 Å². The molecule has 0 radical (unpaired) electrons. The summed E-state index contributed by atoms with van der Waals surface area (Å²) in [5.74, 6) is 1.40. The van der Waals surface area contributed by atoms with Crippen LogP contribution in [0, 0.1) is 17.8 Å². The number of halogens is 2. The number of rotatable bonds is 3. The first kappa shape index (κ1) is 17.1. The van der Waals surface area contributed by atoms with Crippen LogP contribution in [0.1, 0.15) is 37.7 Å². The highest BCUT2D eigenvalue weighted by molar-refractivity contribution is 6.42. The number of hydrogen-bond acceptors (Lipinski definition) is 2. The zero-order chi connectivity index (χ0) is 16.6. The van der Waals surface area contributed by atoms with E-state index in [0.717, 1.165) is 18.4 Å². The summed E-state index contributed by atoms with van der Waals surface area (Å²) in [5.41, 5.74) is 7.33. The molecule has 2 bridgehead atoms. The molecule has 126 valence electrons. The number of nitrogens with zero attached hydrogens (tertiary/aromatic N) is 1. The second-order valence-corrected chi connectivity index (χ2v) is 7.95. The molecule has 2 saturated carbocycles. The van der Waals surface area contributed by atoms with Crippen molar-refractivity contribution in [3.05, 3.63) is 33.8 Å². The second-order valence-electron chi connectivity index (χ2n) is 7.14. The van der Waals surface area contributed by atoms with E-state index < -0.39 is 0 Å². The quantitative estimate of drug-likeness (QED) is 0.887. The molecule has 2 aliphatic carbocycles. The highest BCUT2D eigenvalue weighted by atomic mass is 35.5. The smallest absolute Gasteiger partial charge is 0.225 e. The Hall–Kier alpha value is -0.770. The van der Waals surface area contributed by atoms with Gasteiger partial charge in [0.25, 0.3) is 0 Å². The van der Waals surface area contributed by atoms with Gasteiger partial charge < -0.3 is 10.6 Å². The molecule has 2 fully saturated rings. The van der Waals surface area contributed by atoms with Crippen LogP contribution in [0.15, 0.2) is 18.2 Å². The first-order valence-electron chi connectivity index (χ1n) is 8.40. The SMILES string of the molecule is CN(Cc1ccc(Cl)c(Cl)c1)C(=O)C1CC2CCCC(C1)C2N. The van der Waals surface area contributed by atoms with Crippen molar-refractivity contribution in [2.75, 3.05) is 7.05 Å². The molecule has 2 aliphatic rings. The van der Waals surface area contributed by atoms with Crippen LogP contribution < -0.4 is 5.73 Å². The molecule has 0 spiro atoms. The van der Waals surface area contributed by atoms with E-state index in [2.05, 4.69) is 0 Å². The Labute approximate surface area is 148 Å². The van der Waals surface area contributed by atoms with E-state index >= 15 is 0 Å². The Kier molecular flexibility index (Phi) is 5.19. The van der Waals surface area contributed by atoms with E-state index in [1.165, 1.54) is 19.3 Å². The van der Waals surface area contributed by atoms with Crippen molar-refractivity contribution < 1.29 is 4.79 Å². The predicted molar refractivity (Wildman–Crippen MR) is 94.5 cm³/mol. The summed E-state index contributed by atoms with van der Waals surface area (Å²) in [6.45, 7) is 0.563. The van der Waals surface area contributed by atoms with Gasteiger partial charge in [-0.3, -0.25) is 4.79 Å². The van der Waals surface area contributed by atoms with Crippen LogP contribution in [-0.2, 0) is 11.3 Å². The second kappa shape index (κ2) is 7.00. The predicted octanol–water partition coefficient (Wildman–Crippen LogP) is 4.11. The van der Waals surface area contributed by atoms with Gasteiger partial charge in [0, 0.05) is 25.6 Å². The van der Waals surface area contributed by atoms with Gasteiger partial charge in [0.2, 0.25) is 5.91 Å². The Bertz CT molecular complexity index is 578. The molecule has 1 aromatic carbocycles. The summed E-state index contributed by atoms with van der Waals surface area (Å²) < 4.78 is 0. The fourth-order valence-corrected chi connectivity index (χ4v) is 4.61. The average Bonchev–Trinajstić information content (AvgIpc) is 2.50. The van der Waals surface area contributed by atoms with Crippen molar-refractivity contribution >= 4 is 29.1 Å². The molecule has 1 amide bonds. The Balaban J connectivity index is 1.64. The molecular formula is C18H24Cl2N2O. The largest absolute Gasteiger partial charge is 0.341 e. The molecule has 2 atom stereocenters. The summed E-state index contributed by atoms with van der Waals surface area (Å²) in [7, 11) is 1.87. The van der Waals surface area contributed by atoms with Gasteiger partial charge >= 0.3 is 0 Å². The standard InChI is InChI=1S/C18H24Cl2N2O/c1-22(10-11-5-6-15(19)16(20)7-11)18(23)14-8-12-3-2-4-13(9-14)17(12)21/h5-7,12-14,17H,2-4,8-10,21H2,1H3. The van der Waals surface area contributed by atoms with Crippen molar-refractivity contribution in [3.63, 3.8) is 0 Å². The third kappa shape index (κ3) is 3.67. The maximum Gasteiger partial charge on any atom is 0.225 e. The van der Waals surface area contributed by atoms with E-state index in [0.29, 0.717) is 34.5 Å². The number of carbonyl (C=O) groups excluding carboxylic acids is 1. The summed E-state index contributed by atoms with van der Waals surface area (Å²) in [5, 5.41) is 1.07. The van der Waals surface area contributed by atoms with Gasteiger partial charge in [-0.05, 0) is 55.2 Å². The third-order valence-electron chi connectivity index (χ3n) is 5.54. The molecule has 2 unspecified atom stereocenters. The van der Waals surface area contributed by atoms with Crippen LogP contribution in [0.3, 0.4) is 0 Å². The van der Waals surface area contributed by atoms with Gasteiger partial charge in [0.05, 0.1) is 10.0 Å². The minimum absolute atomic E-state index is 0.123. The van der Waals surface area contributed by atoms with E-state index in [9.17, 15) is 4.79 Å². The normalized spacial score (nSPS) is 30.1. The van der Waals surface area contributed by atoms with E-state index in [1.54, 1.807) is 6.07 Å². The number of carbonyl (C=O) groups is 1. The number of nitrogens with two attached hydrogens (primary N) is 1. The summed E-state index contributed by atoms with van der Waals surface area (Å²) in [6.07, 6.45) is 5.52. The van der Waals surface area contributed by atoms with Gasteiger partial charge in [0.1, 0.15) is 0 Å². The molecule has 3 nitrogen and oxygen atoms in total. The molecule has 0 saturated heterocycles. The first-order chi connectivity index (χ1) is 11.0. The molecule has 1 aromatic rings. The van der Waals surface area contributed by atoms with Crippen molar-refractivity contribution in [2.45, 2.75) is 44.7 Å². The molecule has 0 aliphatic heterocycles. The number of fused-ring (bicyclic) bond motifs is 2. The summed E-state index contributed by atoms with van der Waals surface area (Å²) in [4.78, 5) is 14.6. The van der Waals surface area contributed by atoms with Gasteiger partial charge in [-0.15, -0.1) is 0 Å². The van der Waals surface area contributed by atoms with E-state index in [-0.39, 0.29) is 11.8 Å². The minimum atomic E-state index is 0.123. The average molecular weight is 355 g/mol. The van der Waals surface area contributed by atoms with Crippen LogP contribution in [0.2, 0.25) is 10.0 Å². The van der Waals surface area contributed by atoms with Crippen LogP contribution in [0.5, 0.6) is 0 Å². The number of amides is 1. The van der Waals surface area contributed by atoms with Crippen molar-refractivity contribution in [3.8, 4) is 0 Å².